The first-order valence-electron chi connectivity index (χ1n) is 6.81. The Labute approximate surface area is 128 Å². The van der Waals surface area contributed by atoms with Gasteiger partial charge in [0, 0.05) is 18.8 Å². The topological polar surface area (TPSA) is 17.8 Å². The molecule has 0 bridgehead atoms. The van der Waals surface area contributed by atoms with Crippen LogP contribution in [0.2, 0.25) is 0 Å². The first-order valence-corrected chi connectivity index (χ1v) is 8.28. The molecule has 104 valence electrons. The van der Waals surface area contributed by atoms with Crippen LogP contribution in [0.5, 0.6) is 0 Å². The second-order valence-corrected chi connectivity index (χ2v) is 6.15. The summed E-state index contributed by atoms with van der Waals surface area (Å²) < 4.78 is 2.31. The van der Waals surface area contributed by atoms with E-state index in [-0.39, 0.29) is 0 Å². The van der Waals surface area contributed by atoms with E-state index < -0.39 is 0 Å². The second kappa shape index (κ2) is 5.98. The molecule has 0 spiro atoms. The molecule has 4 heteroatoms. The van der Waals surface area contributed by atoms with E-state index in [4.69, 9.17) is 16.6 Å². The van der Waals surface area contributed by atoms with Crippen molar-refractivity contribution in [3.05, 3.63) is 52.0 Å². The van der Waals surface area contributed by atoms with E-state index in [1.54, 1.807) is 11.3 Å². The number of nitrogens with zero attached hydrogens (tertiary/aromatic N) is 2. The van der Waals surface area contributed by atoms with Gasteiger partial charge in [-0.2, -0.15) is 11.3 Å². The van der Waals surface area contributed by atoms with Crippen molar-refractivity contribution >= 4 is 34.0 Å². The lowest BCUT2D eigenvalue weighted by molar-refractivity contribution is 0.676. The molecule has 0 saturated heterocycles. The summed E-state index contributed by atoms with van der Waals surface area (Å²) in [4.78, 5) is 4.74. The summed E-state index contributed by atoms with van der Waals surface area (Å²) in [5.74, 6) is 1.71. The molecule has 0 aliphatic carbocycles. The maximum atomic E-state index is 5.91. The summed E-state index contributed by atoms with van der Waals surface area (Å²) in [6.07, 6.45) is 1.86. The summed E-state index contributed by atoms with van der Waals surface area (Å²) in [6, 6.07) is 8.65. The number of rotatable bonds is 5. The van der Waals surface area contributed by atoms with Gasteiger partial charge >= 0.3 is 0 Å². The number of aromatic nitrogens is 2. The van der Waals surface area contributed by atoms with Gasteiger partial charge in [-0.15, -0.1) is 11.6 Å². The minimum absolute atomic E-state index is 0.612. The molecule has 3 rings (SSSR count). The zero-order chi connectivity index (χ0) is 13.9. The van der Waals surface area contributed by atoms with Crippen LogP contribution in [0.4, 0.5) is 0 Å². The molecule has 0 aliphatic rings. The number of fused-ring (bicyclic) bond motifs is 1. The Morgan fingerprint density at radius 2 is 2.15 bits per heavy atom. The van der Waals surface area contributed by atoms with Crippen LogP contribution in [-0.4, -0.2) is 15.4 Å². The van der Waals surface area contributed by atoms with Crippen LogP contribution in [0, 0.1) is 6.92 Å². The maximum absolute atomic E-state index is 5.91. The molecule has 0 atom stereocenters. The Bertz CT molecular complexity index is 701. The van der Waals surface area contributed by atoms with Crippen molar-refractivity contribution in [3.8, 4) is 0 Å². The van der Waals surface area contributed by atoms with Crippen LogP contribution >= 0.6 is 22.9 Å². The van der Waals surface area contributed by atoms with Gasteiger partial charge in [-0.25, -0.2) is 4.98 Å². The lowest BCUT2D eigenvalue weighted by atomic mass is 10.2. The average Bonchev–Trinajstić information content (AvgIpc) is 3.04. The summed E-state index contributed by atoms with van der Waals surface area (Å²) in [5.41, 5.74) is 4.93. The summed E-state index contributed by atoms with van der Waals surface area (Å²) in [5, 5.41) is 4.34. The number of hydrogen-bond donors (Lipinski definition) is 0. The van der Waals surface area contributed by atoms with E-state index in [0.717, 1.165) is 30.7 Å². The SMILES string of the molecule is Cc1ccc2c(c1)nc(CCCl)n2CCc1ccsc1. The molecule has 2 aromatic heterocycles. The Kier molecular flexibility index (Phi) is 4.08. The third kappa shape index (κ3) is 2.74. The van der Waals surface area contributed by atoms with E-state index >= 15 is 0 Å². The molecule has 0 aliphatic heterocycles. The molecule has 2 heterocycles. The zero-order valence-electron chi connectivity index (χ0n) is 11.5. The predicted octanol–water partition coefficient (Wildman–Crippen LogP) is 4.43. The predicted molar refractivity (Wildman–Crippen MR) is 86.9 cm³/mol. The molecule has 0 radical (unpaired) electrons. The third-order valence-corrected chi connectivity index (χ3v) is 4.43. The lowest BCUT2D eigenvalue weighted by Crippen LogP contribution is -2.06. The average molecular weight is 305 g/mol. The summed E-state index contributed by atoms with van der Waals surface area (Å²) >= 11 is 7.67. The van der Waals surface area contributed by atoms with E-state index in [1.165, 1.54) is 16.6 Å². The molecule has 1 aromatic carbocycles. The van der Waals surface area contributed by atoms with Gasteiger partial charge in [0.25, 0.3) is 0 Å². The normalized spacial score (nSPS) is 11.3. The molecule has 0 saturated carbocycles. The quantitative estimate of drug-likeness (QED) is 0.638. The Balaban J connectivity index is 1.95. The van der Waals surface area contributed by atoms with Gasteiger partial charge in [0.15, 0.2) is 0 Å². The van der Waals surface area contributed by atoms with Crippen molar-refractivity contribution in [2.24, 2.45) is 0 Å². The highest BCUT2D eigenvalue weighted by molar-refractivity contribution is 7.07. The van der Waals surface area contributed by atoms with E-state index in [1.807, 2.05) is 0 Å². The first-order chi connectivity index (χ1) is 9.78. The molecule has 0 fully saturated rings. The van der Waals surface area contributed by atoms with Crippen LogP contribution in [0.1, 0.15) is 17.0 Å². The van der Waals surface area contributed by atoms with Crippen LogP contribution in [0.15, 0.2) is 35.0 Å². The molecular formula is C16H17ClN2S. The van der Waals surface area contributed by atoms with Gasteiger partial charge in [0.1, 0.15) is 5.82 Å². The number of thiophene rings is 1. The van der Waals surface area contributed by atoms with Crippen molar-refractivity contribution in [2.45, 2.75) is 26.3 Å². The number of halogens is 1. The highest BCUT2D eigenvalue weighted by Crippen LogP contribution is 2.20. The number of hydrogen-bond acceptors (Lipinski definition) is 2. The molecule has 0 amide bonds. The Morgan fingerprint density at radius 1 is 1.25 bits per heavy atom. The van der Waals surface area contributed by atoms with E-state index in [0.29, 0.717) is 5.88 Å². The Morgan fingerprint density at radius 3 is 2.90 bits per heavy atom. The fraction of sp³-hybridized carbons (Fsp3) is 0.312. The second-order valence-electron chi connectivity index (χ2n) is 4.99. The van der Waals surface area contributed by atoms with Gasteiger partial charge in [-0.1, -0.05) is 6.07 Å². The third-order valence-electron chi connectivity index (χ3n) is 3.51. The van der Waals surface area contributed by atoms with Crippen molar-refractivity contribution < 1.29 is 0 Å². The fourth-order valence-electron chi connectivity index (χ4n) is 2.49. The van der Waals surface area contributed by atoms with Crippen molar-refractivity contribution in [3.63, 3.8) is 0 Å². The van der Waals surface area contributed by atoms with Crippen molar-refractivity contribution in [2.75, 3.05) is 5.88 Å². The van der Waals surface area contributed by atoms with Crippen LogP contribution in [-0.2, 0) is 19.4 Å². The van der Waals surface area contributed by atoms with E-state index in [2.05, 4.69) is 46.5 Å². The van der Waals surface area contributed by atoms with Crippen molar-refractivity contribution in [1.29, 1.82) is 0 Å². The number of alkyl halides is 1. The lowest BCUT2D eigenvalue weighted by Gasteiger charge is -2.08. The maximum Gasteiger partial charge on any atom is 0.111 e. The molecular weight excluding hydrogens is 288 g/mol. The summed E-state index contributed by atoms with van der Waals surface area (Å²) in [6.45, 7) is 3.06. The molecule has 3 aromatic rings. The van der Waals surface area contributed by atoms with Gasteiger partial charge in [-0.3, -0.25) is 0 Å². The minimum atomic E-state index is 0.612. The minimum Gasteiger partial charge on any atom is -0.328 e. The van der Waals surface area contributed by atoms with Gasteiger partial charge < -0.3 is 4.57 Å². The van der Waals surface area contributed by atoms with Gasteiger partial charge in [-0.05, 0) is 53.4 Å². The monoisotopic (exact) mass is 304 g/mol. The highest BCUT2D eigenvalue weighted by Gasteiger charge is 2.10. The highest BCUT2D eigenvalue weighted by atomic mass is 35.5. The number of imidazole rings is 1. The molecule has 20 heavy (non-hydrogen) atoms. The zero-order valence-corrected chi connectivity index (χ0v) is 13.0. The van der Waals surface area contributed by atoms with Gasteiger partial charge in [0.05, 0.1) is 11.0 Å². The largest absolute Gasteiger partial charge is 0.328 e. The first kappa shape index (κ1) is 13.7. The fourth-order valence-corrected chi connectivity index (χ4v) is 3.36. The number of benzene rings is 1. The van der Waals surface area contributed by atoms with Crippen LogP contribution < -0.4 is 0 Å². The van der Waals surface area contributed by atoms with Crippen molar-refractivity contribution in [1.82, 2.24) is 9.55 Å². The van der Waals surface area contributed by atoms with Crippen LogP contribution in [0.25, 0.3) is 11.0 Å². The molecule has 0 N–H and O–H groups in total. The standard InChI is InChI=1S/C16H17ClN2S/c1-12-2-3-15-14(10-12)18-16(4-7-17)19(15)8-5-13-6-9-20-11-13/h2-3,6,9-11H,4-5,7-8H2,1H3. The molecule has 2 nitrogen and oxygen atoms in total. The van der Waals surface area contributed by atoms with Gasteiger partial charge in [0.2, 0.25) is 0 Å². The summed E-state index contributed by atoms with van der Waals surface area (Å²) in [7, 11) is 0. The van der Waals surface area contributed by atoms with Crippen LogP contribution in [0.3, 0.4) is 0 Å². The van der Waals surface area contributed by atoms with E-state index in [9.17, 15) is 0 Å². The smallest absolute Gasteiger partial charge is 0.111 e. The molecule has 0 unspecified atom stereocenters. The number of aryl methyl sites for hydroxylation is 4. The Hall–Kier alpha value is -1.32.